The van der Waals surface area contributed by atoms with Gasteiger partial charge < -0.3 is 5.32 Å². The van der Waals surface area contributed by atoms with Crippen molar-refractivity contribution in [1.82, 2.24) is 0 Å². The Morgan fingerprint density at radius 1 is 1.26 bits per heavy atom. The first kappa shape index (κ1) is 14.1. The molecule has 0 fully saturated rings. The molecule has 0 radical (unpaired) electrons. The molecule has 0 aliphatic rings. The summed E-state index contributed by atoms with van der Waals surface area (Å²) in [6, 6.07) is 11.8. The number of benzene rings is 2. The lowest BCUT2D eigenvalue weighted by molar-refractivity contribution is 0.102. The zero-order chi connectivity index (χ0) is 13.8. The Morgan fingerprint density at radius 3 is 2.68 bits per heavy atom. The van der Waals surface area contributed by atoms with Crippen LogP contribution in [0.15, 0.2) is 51.8 Å². The van der Waals surface area contributed by atoms with Gasteiger partial charge in [0.25, 0.3) is 5.91 Å². The fraction of sp³-hybridized carbons (Fsp3) is 0.0714. The molecule has 0 heterocycles. The quantitative estimate of drug-likeness (QED) is 0.830. The molecule has 5 heteroatoms. The molecular weight excluding hydrogens is 329 g/mol. The van der Waals surface area contributed by atoms with Crippen LogP contribution in [0, 0.1) is 5.82 Å². The molecule has 0 unspecified atom stereocenters. The molecule has 0 aromatic heterocycles. The van der Waals surface area contributed by atoms with E-state index in [0.29, 0.717) is 15.7 Å². The summed E-state index contributed by atoms with van der Waals surface area (Å²) in [6.45, 7) is 0. The molecule has 0 spiro atoms. The summed E-state index contributed by atoms with van der Waals surface area (Å²) < 4.78 is 13.7. The fourth-order valence-corrected chi connectivity index (χ4v) is 2.45. The van der Waals surface area contributed by atoms with Gasteiger partial charge >= 0.3 is 0 Å². The molecule has 2 aromatic carbocycles. The average molecular weight is 340 g/mol. The van der Waals surface area contributed by atoms with Gasteiger partial charge in [-0.1, -0.05) is 12.1 Å². The lowest BCUT2D eigenvalue weighted by atomic mass is 10.2. The number of nitrogens with one attached hydrogen (secondary N) is 1. The van der Waals surface area contributed by atoms with Gasteiger partial charge in [-0.15, -0.1) is 11.8 Å². The van der Waals surface area contributed by atoms with Crippen LogP contribution in [0.2, 0.25) is 0 Å². The van der Waals surface area contributed by atoms with Crippen molar-refractivity contribution in [3.8, 4) is 0 Å². The van der Waals surface area contributed by atoms with Gasteiger partial charge in [0.05, 0.1) is 10.0 Å². The molecule has 0 aliphatic carbocycles. The second-order valence-corrected chi connectivity index (χ2v) is 5.49. The maximum atomic E-state index is 13.4. The zero-order valence-corrected chi connectivity index (χ0v) is 12.5. The molecule has 19 heavy (non-hydrogen) atoms. The zero-order valence-electron chi connectivity index (χ0n) is 10.1. The number of halogens is 2. The van der Waals surface area contributed by atoms with E-state index >= 15 is 0 Å². The Hall–Kier alpha value is -1.33. The van der Waals surface area contributed by atoms with Crippen LogP contribution < -0.4 is 5.32 Å². The molecule has 2 rings (SSSR count). The summed E-state index contributed by atoms with van der Waals surface area (Å²) >= 11 is 4.57. The molecular formula is C14H11BrFNOS. The number of carbonyl (C=O) groups excluding carboxylic acids is 1. The molecule has 0 bridgehead atoms. The van der Waals surface area contributed by atoms with Crippen LogP contribution in [0.25, 0.3) is 0 Å². The SMILES string of the molecule is CSc1ccccc1C(=O)Nc1ccc(Br)c(F)c1. The van der Waals surface area contributed by atoms with Crippen LogP contribution in [0.5, 0.6) is 0 Å². The van der Waals surface area contributed by atoms with Crippen molar-refractivity contribution >= 4 is 39.3 Å². The summed E-state index contributed by atoms with van der Waals surface area (Å²) in [6.07, 6.45) is 1.91. The molecule has 2 nitrogen and oxygen atoms in total. The first-order chi connectivity index (χ1) is 9.11. The fourth-order valence-electron chi connectivity index (χ4n) is 1.60. The number of anilines is 1. The topological polar surface area (TPSA) is 29.1 Å². The predicted molar refractivity (Wildman–Crippen MR) is 80.3 cm³/mol. The highest BCUT2D eigenvalue weighted by Gasteiger charge is 2.11. The van der Waals surface area contributed by atoms with Crippen LogP contribution in [0.1, 0.15) is 10.4 Å². The van der Waals surface area contributed by atoms with Crippen LogP contribution in [-0.2, 0) is 0 Å². The van der Waals surface area contributed by atoms with E-state index in [-0.39, 0.29) is 5.91 Å². The van der Waals surface area contributed by atoms with Crippen molar-refractivity contribution in [1.29, 1.82) is 0 Å². The average Bonchev–Trinajstić information content (AvgIpc) is 2.43. The van der Waals surface area contributed by atoms with E-state index in [1.807, 2.05) is 18.4 Å². The molecule has 2 aromatic rings. The Kier molecular flexibility index (Phi) is 4.61. The third-order valence-corrected chi connectivity index (χ3v) is 3.97. The van der Waals surface area contributed by atoms with Gasteiger partial charge in [-0.3, -0.25) is 4.79 Å². The van der Waals surface area contributed by atoms with E-state index in [1.54, 1.807) is 24.3 Å². The lowest BCUT2D eigenvalue weighted by Gasteiger charge is -2.08. The molecule has 0 aliphatic heterocycles. The maximum Gasteiger partial charge on any atom is 0.256 e. The van der Waals surface area contributed by atoms with E-state index in [2.05, 4.69) is 21.2 Å². The second kappa shape index (κ2) is 6.21. The highest BCUT2D eigenvalue weighted by atomic mass is 79.9. The standard InChI is InChI=1S/C14H11BrFNOS/c1-19-13-5-3-2-4-10(13)14(18)17-9-6-7-11(15)12(16)8-9/h2-8H,1H3,(H,17,18). The second-order valence-electron chi connectivity index (χ2n) is 3.78. The summed E-state index contributed by atoms with van der Waals surface area (Å²) in [7, 11) is 0. The first-order valence-corrected chi connectivity index (χ1v) is 7.53. The number of carbonyl (C=O) groups is 1. The Morgan fingerprint density at radius 2 is 2.00 bits per heavy atom. The smallest absolute Gasteiger partial charge is 0.256 e. The summed E-state index contributed by atoms with van der Waals surface area (Å²) in [5.41, 5.74) is 1.01. The maximum absolute atomic E-state index is 13.4. The van der Waals surface area contributed by atoms with Gasteiger partial charge in [0.2, 0.25) is 0 Å². The summed E-state index contributed by atoms with van der Waals surface area (Å²) in [5.74, 6) is -0.650. The molecule has 1 amide bonds. The van der Waals surface area contributed by atoms with Crippen molar-refractivity contribution in [2.24, 2.45) is 0 Å². The van der Waals surface area contributed by atoms with Crippen molar-refractivity contribution in [3.63, 3.8) is 0 Å². The number of hydrogen-bond donors (Lipinski definition) is 1. The normalized spacial score (nSPS) is 10.3. The van der Waals surface area contributed by atoms with Gasteiger partial charge in [-0.2, -0.15) is 0 Å². The van der Waals surface area contributed by atoms with Crippen molar-refractivity contribution in [2.75, 3.05) is 11.6 Å². The minimum Gasteiger partial charge on any atom is -0.322 e. The third kappa shape index (κ3) is 3.36. The number of rotatable bonds is 3. The van der Waals surface area contributed by atoms with E-state index in [1.165, 1.54) is 17.8 Å². The van der Waals surface area contributed by atoms with Crippen LogP contribution in [0.3, 0.4) is 0 Å². The van der Waals surface area contributed by atoms with Crippen LogP contribution in [-0.4, -0.2) is 12.2 Å². The number of amides is 1. The van der Waals surface area contributed by atoms with Gasteiger partial charge in [0.1, 0.15) is 5.82 Å². The summed E-state index contributed by atoms with van der Waals surface area (Å²) in [4.78, 5) is 13.0. The molecule has 0 atom stereocenters. The third-order valence-electron chi connectivity index (χ3n) is 2.53. The highest BCUT2D eigenvalue weighted by Crippen LogP contribution is 2.23. The van der Waals surface area contributed by atoms with E-state index in [9.17, 15) is 9.18 Å². The first-order valence-electron chi connectivity index (χ1n) is 5.51. The molecule has 0 saturated heterocycles. The molecule has 0 saturated carbocycles. The summed E-state index contributed by atoms with van der Waals surface area (Å²) in [5, 5.41) is 2.69. The molecule has 98 valence electrons. The van der Waals surface area contributed by atoms with Gasteiger partial charge in [-0.05, 0) is 52.5 Å². The number of hydrogen-bond acceptors (Lipinski definition) is 2. The van der Waals surface area contributed by atoms with E-state index in [0.717, 1.165) is 4.90 Å². The largest absolute Gasteiger partial charge is 0.322 e. The van der Waals surface area contributed by atoms with Crippen LogP contribution >= 0.6 is 27.7 Å². The minimum atomic E-state index is -0.407. The molecule has 1 N–H and O–H groups in total. The predicted octanol–water partition coefficient (Wildman–Crippen LogP) is 4.56. The highest BCUT2D eigenvalue weighted by molar-refractivity contribution is 9.10. The van der Waals surface area contributed by atoms with E-state index < -0.39 is 5.82 Å². The lowest BCUT2D eigenvalue weighted by Crippen LogP contribution is -2.13. The Bertz CT molecular complexity index is 618. The Balaban J connectivity index is 2.23. The monoisotopic (exact) mass is 339 g/mol. The number of thioether (sulfide) groups is 1. The minimum absolute atomic E-state index is 0.244. The van der Waals surface area contributed by atoms with Gasteiger partial charge in [0.15, 0.2) is 0 Å². The Labute approximate surface area is 123 Å². The van der Waals surface area contributed by atoms with Gasteiger partial charge in [-0.25, -0.2) is 4.39 Å². The van der Waals surface area contributed by atoms with Crippen LogP contribution in [0.4, 0.5) is 10.1 Å². The van der Waals surface area contributed by atoms with Crippen molar-refractivity contribution in [3.05, 3.63) is 58.3 Å². The van der Waals surface area contributed by atoms with E-state index in [4.69, 9.17) is 0 Å². The van der Waals surface area contributed by atoms with Crippen molar-refractivity contribution in [2.45, 2.75) is 4.90 Å². The van der Waals surface area contributed by atoms with Crippen molar-refractivity contribution < 1.29 is 9.18 Å². The van der Waals surface area contributed by atoms with Gasteiger partial charge in [0, 0.05) is 10.6 Å².